The van der Waals surface area contributed by atoms with Gasteiger partial charge in [-0.15, -0.1) is 0 Å². The zero-order chi connectivity index (χ0) is 14.2. The van der Waals surface area contributed by atoms with E-state index in [1.165, 1.54) is 6.42 Å². The van der Waals surface area contributed by atoms with Crippen molar-refractivity contribution in [3.63, 3.8) is 0 Å². The summed E-state index contributed by atoms with van der Waals surface area (Å²) in [5.41, 5.74) is 2.43. The second-order valence-electron chi connectivity index (χ2n) is 5.77. The molecule has 0 amide bonds. The predicted octanol–water partition coefficient (Wildman–Crippen LogP) is 1.86. The Balaban J connectivity index is 1.63. The van der Waals surface area contributed by atoms with E-state index in [1.807, 2.05) is 42.6 Å². The Kier molecular flexibility index (Phi) is 2.97. The van der Waals surface area contributed by atoms with Crippen molar-refractivity contribution in [1.82, 2.24) is 10.3 Å². The molecule has 2 bridgehead atoms. The lowest BCUT2D eigenvalue weighted by Gasteiger charge is -2.29. The monoisotopic (exact) mass is 279 g/mol. The van der Waals surface area contributed by atoms with Gasteiger partial charge in [-0.2, -0.15) is 0 Å². The number of pyridine rings is 1. The number of hydrogen-bond donors (Lipinski definition) is 1. The molecule has 0 saturated carbocycles. The van der Waals surface area contributed by atoms with E-state index in [-0.39, 0.29) is 5.78 Å². The molecule has 1 aromatic carbocycles. The maximum Gasteiger partial charge on any atom is 0.194 e. The molecule has 0 unspecified atom stereocenters. The molecule has 2 aliphatic rings. The number of benzene rings is 1. The molecule has 4 heteroatoms. The first-order valence-corrected chi connectivity index (χ1v) is 7.36. The molecule has 2 aromatic rings. The number of nitrogens with one attached hydrogen (secondary N) is 1. The van der Waals surface area contributed by atoms with E-state index < -0.39 is 0 Å². The molecule has 4 rings (SSSR count). The van der Waals surface area contributed by atoms with Crippen LogP contribution >= 0.6 is 0 Å². The zero-order valence-electron chi connectivity index (χ0n) is 11.7. The topological polar surface area (TPSA) is 45.2 Å². The molecular weight excluding hydrogens is 262 g/mol. The summed E-state index contributed by atoms with van der Waals surface area (Å²) in [4.78, 5) is 19.1. The summed E-state index contributed by atoms with van der Waals surface area (Å²) >= 11 is 0. The van der Waals surface area contributed by atoms with Crippen LogP contribution in [0.15, 0.2) is 48.8 Å². The van der Waals surface area contributed by atoms with Crippen LogP contribution in [0.2, 0.25) is 0 Å². The van der Waals surface area contributed by atoms with Crippen LogP contribution in [0.4, 0.5) is 5.69 Å². The number of aromatic nitrogens is 1. The fourth-order valence-electron chi connectivity index (χ4n) is 3.34. The summed E-state index contributed by atoms with van der Waals surface area (Å²) in [6, 6.07) is 12.5. The molecule has 2 aliphatic heterocycles. The number of rotatable bonds is 3. The van der Waals surface area contributed by atoms with Crippen LogP contribution in [-0.2, 0) is 0 Å². The van der Waals surface area contributed by atoms with Gasteiger partial charge in [-0.05, 0) is 12.5 Å². The van der Waals surface area contributed by atoms with Gasteiger partial charge in [-0.1, -0.05) is 30.3 Å². The predicted molar refractivity (Wildman–Crippen MR) is 81.7 cm³/mol. The van der Waals surface area contributed by atoms with E-state index in [1.54, 1.807) is 6.20 Å². The molecule has 2 fully saturated rings. The molecule has 2 saturated heterocycles. The van der Waals surface area contributed by atoms with Gasteiger partial charge in [0.25, 0.3) is 0 Å². The molecule has 106 valence electrons. The van der Waals surface area contributed by atoms with Crippen molar-refractivity contribution >= 4 is 11.5 Å². The van der Waals surface area contributed by atoms with E-state index >= 15 is 0 Å². The minimum atomic E-state index is 0.0347. The van der Waals surface area contributed by atoms with Crippen molar-refractivity contribution in [2.45, 2.75) is 18.5 Å². The summed E-state index contributed by atoms with van der Waals surface area (Å²) in [5.74, 6) is 0.0347. The van der Waals surface area contributed by atoms with Crippen LogP contribution < -0.4 is 10.2 Å². The van der Waals surface area contributed by atoms with E-state index in [4.69, 9.17) is 0 Å². The molecule has 3 heterocycles. The summed E-state index contributed by atoms with van der Waals surface area (Å²) in [6.07, 6.45) is 4.71. The largest absolute Gasteiger partial charge is 0.364 e. The average molecular weight is 279 g/mol. The number of nitrogens with zero attached hydrogens (tertiary/aromatic N) is 2. The summed E-state index contributed by atoms with van der Waals surface area (Å²) in [7, 11) is 0. The third-order valence-electron chi connectivity index (χ3n) is 4.41. The van der Waals surface area contributed by atoms with Crippen LogP contribution in [0.3, 0.4) is 0 Å². The maximum atomic E-state index is 12.5. The average Bonchev–Trinajstić information content (AvgIpc) is 3.18. The lowest BCUT2D eigenvalue weighted by atomic mass is 10.0. The van der Waals surface area contributed by atoms with Gasteiger partial charge in [-0.3, -0.25) is 9.78 Å². The van der Waals surface area contributed by atoms with Gasteiger partial charge < -0.3 is 10.2 Å². The first kappa shape index (κ1) is 12.5. The first-order chi connectivity index (χ1) is 10.3. The van der Waals surface area contributed by atoms with Gasteiger partial charge in [-0.25, -0.2) is 0 Å². The highest BCUT2D eigenvalue weighted by Crippen LogP contribution is 2.29. The number of fused-ring (bicyclic) bond motifs is 2. The van der Waals surface area contributed by atoms with E-state index in [0.717, 1.165) is 18.8 Å². The summed E-state index contributed by atoms with van der Waals surface area (Å²) in [6.45, 7) is 2.04. The van der Waals surface area contributed by atoms with Gasteiger partial charge >= 0.3 is 0 Å². The highest BCUT2D eigenvalue weighted by Gasteiger charge is 2.37. The molecule has 2 atom stereocenters. The van der Waals surface area contributed by atoms with Crippen LogP contribution in [0.5, 0.6) is 0 Å². The second kappa shape index (κ2) is 4.97. The number of carbonyl (C=O) groups excluding carboxylic acids is 1. The number of ketones is 1. The molecule has 4 nitrogen and oxygen atoms in total. The molecule has 0 spiro atoms. The zero-order valence-corrected chi connectivity index (χ0v) is 11.7. The third kappa shape index (κ3) is 2.21. The first-order valence-electron chi connectivity index (χ1n) is 7.36. The molecular formula is C17H17N3O. The highest BCUT2D eigenvalue weighted by atomic mass is 16.1. The Labute approximate surface area is 123 Å². The number of piperazine rings is 1. The minimum absolute atomic E-state index is 0.0347. The lowest BCUT2D eigenvalue weighted by Crippen LogP contribution is -2.43. The Bertz CT molecular complexity index is 671. The van der Waals surface area contributed by atoms with Crippen LogP contribution in [0.1, 0.15) is 22.3 Å². The van der Waals surface area contributed by atoms with Gasteiger partial charge in [0.2, 0.25) is 0 Å². The maximum absolute atomic E-state index is 12.5. The van der Waals surface area contributed by atoms with Crippen molar-refractivity contribution < 1.29 is 4.79 Å². The quantitative estimate of drug-likeness (QED) is 0.871. The summed E-state index contributed by atoms with van der Waals surface area (Å²) in [5, 5.41) is 3.49. The highest BCUT2D eigenvalue weighted by molar-refractivity contribution is 6.09. The van der Waals surface area contributed by atoms with Crippen molar-refractivity contribution in [3.8, 4) is 0 Å². The Morgan fingerprint density at radius 2 is 2.05 bits per heavy atom. The molecule has 0 aliphatic carbocycles. The van der Waals surface area contributed by atoms with Gasteiger partial charge in [0.1, 0.15) is 0 Å². The van der Waals surface area contributed by atoms with Crippen molar-refractivity contribution in [3.05, 3.63) is 59.9 Å². The number of hydrogen-bond acceptors (Lipinski definition) is 4. The second-order valence-corrected chi connectivity index (χ2v) is 5.77. The van der Waals surface area contributed by atoms with Gasteiger partial charge in [0.15, 0.2) is 5.78 Å². The molecule has 21 heavy (non-hydrogen) atoms. The van der Waals surface area contributed by atoms with Crippen LogP contribution in [0, 0.1) is 0 Å². The van der Waals surface area contributed by atoms with Crippen LogP contribution in [0.25, 0.3) is 0 Å². The van der Waals surface area contributed by atoms with E-state index in [2.05, 4.69) is 15.2 Å². The van der Waals surface area contributed by atoms with Crippen molar-refractivity contribution in [2.75, 3.05) is 18.0 Å². The third-order valence-corrected chi connectivity index (χ3v) is 4.41. The number of anilines is 1. The minimum Gasteiger partial charge on any atom is -0.364 e. The Morgan fingerprint density at radius 1 is 1.19 bits per heavy atom. The smallest absolute Gasteiger partial charge is 0.194 e. The van der Waals surface area contributed by atoms with Crippen LogP contribution in [-0.4, -0.2) is 35.9 Å². The van der Waals surface area contributed by atoms with E-state index in [9.17, 15) is 4.79 Å². The van der Waals surface area contributed by atoms with Crippen molar-refractivity contribution in [2.24, 2.45) is 0 Å². The summed E-state index contributed by atoms with van der Waals surface area (Å²) < 4.78 is 0. The van der Waals surface area contributed by atoms with Gasteiger partial charge in [0, 0.05) is 42.5 Å². The molecule has 1 N–H and O–H groups in total. The van der Waals surface area contributed by atoms with Gasteiger partial charge in [0.05, 0.1) is 11.9 Å². The Hall–Kier alpha value is -2.20. The lowest BCUT2D eigenvalue weighted by molar-refractivity contribution is 0.103. The standard InChI is InChI=1S/C17H17N3O/c21-17(12-4-2-1-3-5-12)13-6-15(9-18-8-13)20-11-14-7-16(20)10-19-14/h1-6,8-9,14,16,19H,7,10-11H2/t14-,16+/m1/s1. The molecule has 0 radical (unpaired) electrons. The SMILES string of the molecule is O=C(c1ccccc1)c1cncc(N2C[C@H]3C[C@H]2CN3)c1. The fraction of sp³-hybridized carbons (Fsp3) is 0.294. The molecule has 1 aromatic heterocycles. The van der Waals surface area contributed by atoms with Crippen molar-refractivity contribution in [1.29, 1.82) is 0 Å². The fourth-order valence-corrected chi connectivity index (χ4v) is 3.34. The Morgan fingerprint density at radius 3 is 2.76 bits per heavy atom. The number of carbonyl (C=O) groups is 1. The van der Waals surface area contributed by atoms with E-state index in [0.29, 0.717) is 23.2 Å². The normalized spacial score (nSPS) is 23.5.